The summed E-state index contributed by atoms with van der Waals surface area (Å²) >= 11 is 0. The number of carbonyl (C=O) groups is 1. The molecule has 0 fully saturated rings. The standard InChI is InChI=1S/C24H22F2N4O4/c1-13-22(23(31)24(32)29-15-6-7-27-21(9-15)34-3)17-10-16(33-2)4-5-20(17)30(13)12-19-18(26)8-14(25)11-28-19/h4-11,23,31H,12H2,1-3H3,(H,27,29,32). The van der Waals surface area contributed by atoms with E-state index in [1.165, 1.54) is 26.5 Å². The number of aliphatic hydroxyl groups is 1. The van der Waals surface area contributed by atoms with E-state index in [0.29, 0.717) is 39.5 Å². The number of halogens is 2. The van der Waals surface area contributed by atoms with E-state index in [-0.39, 0.29) is 12.2 Å². The number of benzene rings is 1. The Kier molecular flexibility index (Phi) is 6.42. The van der Waals surface area contributed by atoms with E-state index in [4.69, 9.17) is 9.47 Å². The van der Waals surface area contributed by atoms with Gasteiger partial charge in [-0.25, -0.2) is 13.8 Å². The van der Waals surface area contributed by atoms with Crippen molar-refractivity contribution in [3.05, 3.63) is 77.4 Å². The molecule has 0 bridgehead atoms. The lowest BCUT2D eigenvalue weighted by Crippen LogP contribution is -2.21. The van der Waals surface area contributed by atoms with Crippen molar-refractivity contribution in [2.24, 2.45) is 0 Å². The van der Waals surface area contributed by atoms with Crippen molar-refractivity contribution in [3.63, 3.8) is 0 Å². The van der Waals surface area contributed by atoms with Gasteiger partial charge < -0.3 is 24.5 Å². The van der Waals surface area contributed by atoms with Crippen molar-refractivity contribution in [3.8, 4) is 11.6 Å². The molecule has 0 aliphatic rings. The van der Waals surface area contributed by atoms with Gasteiger partial charge in [-0.1, -0.05) is 0 Å². The average molecular weight is 468 g/mol. The first kappa shape index (κ1) is 23.1. The lowest BCUT2D eigenvalue weighted by Gasteiger charge is -2.14. The molecule has 0 saturated carbocycles. The Balaban J connectivity index is 1.76. The minimum absolute atomic E-state index is 0.0200. The van der Waals surface area contributed by atoms with Gasteiger partial charge in [-0.3, -0.25) is 9.78 Å². The molecule has 0 saturated heterocycles. The Morgan fingerprint density at radius 2 is 1.94 bits per heavy atom. The van der Waals surface area contributed by atoms with Gasteiger partial charge in [-0.15, -0.1) is 0 Å². The van der Waals surface area contributed by atoms with Crippen molar-refractivity contribution in [1.29, 1.82) is 0 Å². The second-order valence-corrected chi connectivity index (χ2v) is 7.53. The van der Waals surface area contributed by atoms with Crippen LogP contribution in [0.4, 0.5) is 14.5 Å². The van der Waals surface area contributed by atoms with Crippen LogP contribution in [0.25, 0.3) is 10.9 Å². The Hall–Kier alpha value is -4.05. The highest BCUT2D eigenvalue weighted by atomic mass is 19.1. The lowest BCUT2D eigenvalue weighted by atomic mass is 10.0. The van der Waals surface area contributed by atoms with Crippen LogP contribution in [-0.2, 0) is 11.3 Å². The third kappa shape index (κ3) is 4.40. The fourth-order valence-corrected chi connectivity index (χ4v) is 3.81. The first-order chi connectivity index (χ1) is 16.3. The number of fused-ring (bicyclic) bond motifs is 1. The number of aliphatic hydroxyl groups excluding tert-OH is 1. The second-order valence-electron chi connectivity index (χ2n) is 7.53. The quantitative estimate of drug-likeness (QED) is 0.429. The first-order valence-electron chi connectivity index (χ1n) is 10.3. The highest BCUT2D eigenvalue weighted by Gasteiger charge is 2.27. The van der Waals surface area contributed by atoms with Gasteiger partial charge in [-0.2, -0.15) is 0 Å². The summed E-state index contributed by atoms with van der Waals surface area (Å²) in [4.78, 5) is 20.8. The second kappa shape index (κ2) is 9.44. The molecule has 4 aromatic rings. The summed E-state index contributed by atoms with van der Waals surface area (Å²) in [6, 6.07) is 8.99. The van der Waals surface area contributed by atoms with Crippen molar-refractivity contribution in [2.45, 2.75) is 19.6 Å². The molecule has 8 nitrogen and oxygen atoms in total. The highest BCUT2D eigenvalue weighted by molar-refractivity contribution is 5.99. The largest absolute Gasteiger partial charge is 0.497 e. The zero-order valence-electron chi connectivity index (χ0n) is 18.7. The summed E-state index contributed by atoms with van der Waals surface area (Å²) in [6.45, 7) is 1.67. The molecule has 3 heterocycles. The van der Waals surface area contributed by atoms with Crippen LogP contribution in [0.15, 0.2) is 48.8 Å². The van der Waals surface area contributed by atoms with Crippen LogP contribution < -0.4 is 14.8 Å². The molecule has 3 aromatic heterocycles. The zero-order chi connectivity index (χ0) is 24.4. The number of carbonyl (C=O) groups excluding carboxylic acids is 1. The minimum atomic E-state index is -1.55. The van der Waals surface area contributed by atoms with Crippen molar-refractivity contribution in [1.82, 2.24) is 14.5 Å². The molecule has 176 valence electrons. The maximum absolute atomic E-state index is 14.3. The average Bonchev–Trinajstić information content (AvgIpc) is 3.10. The van der Waals surface area contributed by atoms with Crippen LogP contribution >= 0.6 is 0 Å². The zero-order valence-corrected chi connectivity index (χ0v) is 18.7. The van der Waals surface area contributed by atoms with Crippen molar-refractivity contribution in [2.75, 3.05) is 19.5 Å². The minimum Gasteiger partial charge on any atom is -0.497 e. The molecule has 1 atom stereocenters. The molecule has 34 heavy (non-hydrogen) atoms. The van der Waals surface area contributed by atoms with Gasteiger partial charge in [0.1, 0.15) is 17.4 Å². The summed E-state index contributed by atoms with van der Waals surface area (Å²) in [7, 11) is 2.95. The summed E-state index contributed by atoms with van der Waals surface area (Å²) in [6.07, 6.45) is 0.850. The Morgan fingerprint density at radius 1 is 1.15 bits per heavy atom. The monoisotopic (exact) mass is 468 g/mol. The highest BCUT2D eigenvalue weighted by Crippen LogP contribution is 2.34. The smallest absolute Gasteiger partial charge is 0.257 e. The van der Waals surface area contributed by atoms with E-state index < -0.39 is 23.6 Å². The van der Waals surface area contributed by atoms with E-state index in [1.54, 1.807) is 35.8 Å². The van der Waals surface area contributed by atoms with Gasteiger partial charge in [0, 0.05) is 46.2 Å². The number of methoxy groups -OCH3 is 2. The third-order valence-electron chi connectivity index (χ3n) is 5.50. The normalized spacial score (nSPS) is 11.9. The molecule has 1 unspecified atom stereocenters. The number of anilines is 1. The maximum Gasteiger partial charge on any atom is 0.257 e. The summed E-state index contributed by atoms with van der Waals surface area (Å²) < 4.78 is 39.7. The van der Waals surface area contributed by atoms with Crippen molar-refractivity contribution < 1.29 is 28.2 Å². The van der Waals surface area contributed by atoms with Gasteiger partial charge in [0.15, 0.2) is 6.10 Å². The van der Waals surface area contributed by atoms with E-state index in [0.717, 1.165) is 12.3 Å². The molecule has 0 spiro atoms. The number of ether oxygens (including phenoxy) is 2. The van der Waals surface area contributed by atoms with Crippen LogP contribution in [0.1, 0.15) is 23.1 Å². The molecule has 1 amide bonds. The molecule has 10 heteroatoms. The van der Waals surface area contributed by atoms with Gasteiger partial charge in [-0.05, 0) is 31.2 Å². The van der Waals surface area contributed by atoms with Gasteiger partial charge in [0.05, 0.1) is 32.7 Å². The molecule has 4 rings (SSSR count). The number of amides is 1. The van der Waals surface area contributed by atoms with E-state index >= 15 is 0 Å². The fourth-order valence-electron chi connectivity index (χ4n) is 3.81. The maximum atomic E-state index is 14.3. The van der Waals surface area contributed by atoms with Gasteiger partial charge in [0.25, 0.3) is 5.91 Å². The van der Waals surface area contributed by atoms with E-state index in [1.807, 2.05) is 0 Å². The predicted molar refractivity (Wildman–Crippen MR) is 121 cm³/mol. The molecular formula is C24H22F2N4O4. The number of nitrogens with one attached hydrogen (secondary N) is 1. The van der Waals surface area contributed by atoms with Crippen LogP contribution in [0, 0.1) is 18.6 Å². The van der Waals surface area contributed by atoms with Crippen LogP contribution in [0.3, 0.4) is 0 Å². The SMILES string of the molecule is COc1ccc2c(c1)c(C(O)C(=O)Nc1ccnc(OC)c1)c(C)n2Cc1ncc(F)cc1F. The number of hydrogen-bond donors (Lipinski definition) is 2. The number of aromatic nitrogens is 3. The van der Waals surface area contributed by atoms with Crippen LogP contribution in [0.2, 0.25) is 0 Å². The predicted octanol–water partition coefficient (Wildman–Crippen LogP) is 3.76. The van der Waals surface area contributed by atoms with Crippen molar-refractivity contribution >= 4 is 22.5 Å². The molecule has 0 aliphatic heterocycles. The van der Waals surface area contributed by atoms with E-state index in [2.05, 4.69) is 15.3 Å². The number of rotatable bonds is 7. The first-order valence-corrected chi connectivity index (χ1v) is 10.3. The molecule has 2 N–H and O–H groups in total. The number of hydrogen-bond acceptors (Lipinski definition) is 6. The third-order valence-corrected chi connectivity index (χ3v) is 5.50. The van der Waals surface area contributed by atoms with E-state index in [9.17, 15) is 18.7 Å². The molecule has 0 aliphatic carbocycles. The lowest BCUT2D eigenvalue weighted by molar-refractivity contribution is -0.124. The molecular weight excluding hydrogens is 446 g/mol. The molecule has 1 aromatic carbocycles. The summed E-state index contributed by atoms with van der Waals surface area (Å²) in [5.74, 6) is -1.42. The number of pyridine rings is 2. The molecule has 0 radical (unpaired) electrons. The van der Waals surface area contributed by atoms with Crippen LogP contribution in [-0.4, -0.2) is 39.8 Å². The number of nitrogens with zero attached hydrogens (tertiary/aromatic N) is 3. The van der Waals surface area contributed by atoms with Gasteiger partial charge >= 0.3 is 0 Å². The Labute approximate surface area is 193 Å². The van der Waals surface area contributed by atoms with Crippen LogP contribution in [0.5, 0.6) is 11.6 Å². The Bertz CT molecular complexity index is 1370. The fraction of sp³-hybridized carbons (Fsp3) is 0.208. The Morgan fingerprint density at radius 3 is 2.65 bits per heavy atom. The van der Waals surface area contributed by atoms with Gasteiger partial charge in [0.2, 0.25) is 5.88 Å². The summed E-state index contributed by atoms with van der Waals surface area (Å²) in [5.41, 5.74) is 1.88. The summed E-state index contributed by atoms with van der Waals surface area (Å²) in [5, 5.41) is 14.2. The topological polar surface area (TPSA) is 98.5 Å².